The normalized spacial score (nSPS) is 17.1. The van der Waals surface area contributed by atoms with Crippen molar-refractivity contribution >= 4 is 11.4 Å². The van der Waals surface area contributed by atoms with Gasteiger partial charge in [-0.15, -0.1) is 0 Å². The van der Waals surface area contributed by atoms with E-state index < -0.39 is 0 Å². The first-order valence-electron chi connectivity index (χ1n) is 7.70. The monoisotopic (exact) mass is 291 g/mol. The summed E-state index contributed by atoms with van der Waals surface area (Å²) in [5, 5.41) is 14.5. The molecule has 0 aliphatic carbocycles. The summed E-state index contributed by atoms with van der Waals surface area (Å²) in [6.45, 7) is 9.66. The second kappa shape index (κ2) is 6.89. The standard InChI is InChI=1S/C16H25N3O2/c1-12(2)11-18-9-7-14(8-10-18)17-15-5-4-6-16(13(15)3)19(20)21/h4-6,12,14,17H,7-11H2,1-3H3. The summed E-state index contributed by atoms with van der Waals surface area (Å²) in [7, 11) is 0. The third kappa shape index (κ3) is 4.17. The summed E-state index contributed by atoms with van der Waals surface area (Å²) < 4.78 is 0. The van der Waals surface area contributed by atoms with E-state index in [9.17, 15) is 10.1 Å². The predicted octanol–water partition coefficient (Wildman–Crippen LogP) is 3.44. The first-order valence-corrected chi connectivity index (χ1v) is 7.70. The van der Waals surface area contributed by atoms with Crippen LogP contribution in [0, 0.1) is 23.0 Å². The molecule has 5 heteroatoms. The van der Waals surface area contributed by atoms with Gasteiger partial charge in [0, 0.05) is 43.0 Å². The van der Waals surface area contributed by atoms with Gasteiger partial charge in [-0.3, -0.25) is 10.1 Å². The van der Waals surface area contributed by atoms with E-state index in [2.05, 4.69) is 24.1 Å². The smallest absolute Gasteiger partial charge is 0.274 e. The Morgan fingerprint density at radius 3 is 2.62 bits per heavy atom. The highest BCUT2D eigenvalue weighted by molar-refractivity contribution is 5.60. The number of nitrogens with zero attached hydrogens (tertiary/aromatic N) is 2. The van der Waals surface area contributed by atoms with Gasteiger partial charge in [-0.1, -0.05) is 19.9 Å². The van der Waals surface area contributed by atoms with Crippen LogP contribution in [0.4, 0.5) is 11.4 Å². The zero-order valence-corrected chi connectivity index (χ0v) is 13.1. The van der Waals surface area contributed by atoms with E-state index in [1.54, 1.807) is 12.1 Å². The molecule has 0 saturated carbocycles. The van der Waals surface area contributed by atoms with Gasteiger partial charge in [-0.25, -0.2) is 0 Å². The van der Waals surface area contributed by atoms with Gasteiger partial charge < -0.3 is 10.2 Å². The van der Waals surface area contributed by atoms with Gasteiger partial charge in [0.05, 0.1) is 4.92 Å². The summed E-state index contributed by atoms with van der Waals surface area (Å²) in [6, 6.07) is 5.66. The molecule has 1 heterocycles. The minimum Gasteiger partial charge on any atom is -0.382 e. The van der Waals surface area contributed by atoms with Crippen molar-refractivity contribution in [2.24, 2.45) is 5.92 Å². The summed E-state index contributed by atoms with van der Waals surface area (Å²) in [6.07, 6.45) is 2.18. The predicted molar refractivity (Wildman–Crippen MR) is 85.8 cm³/mol. The van der Waals surface area contributed by atoms with E-state index in [1.807, 2.05) is 13.0 Å². The Morgan fingerprint density at radius 2 is 2.05 bits per heavy atom. The summed E-state index contributed by atoms with van der Waals surface area (Å²) in [5.41, 5.74) is 1.82. The minimum absolute atomic E-state index is 0.192. The molecule has 2 rings (SSSR count). The first-order chi connectivity index (χ1) is 9.97. The summed E-state index contributed by atoms with van der Waals surface area (Å²) >= 11 is 0. The molecule has 0 unspecified atom stereocenters. The quantitative estimate of drug-likeness (QED) is 0.667. The van der Waals surface area contributed by atoms with Gasteiger partial charge in [0.15, 0.2) is 0 Å². The van der Waals surface area contributed by atoms with Crippen molar-refractivity contribution in [1.29, 1.82) is 0 Å². The molecule has 1 N–H and O–H groups in total. The Balaban J connectivity index is 1.95. The van der Waals surface area contributed by atoms with E-state index in [0.29, 0.717) is 12.0 Å². The minimum atomic E-state index is -0.314. The zero-order valence-electron chi connectivity index (χ0n) is 13.1. The van der Waals surface area contributed by atoms with E-state index in [1.165, 1.54) is 0 Å². The first kappa shape index (κ1) is 15.8. The van der Waals surface area contributed by atoms with Crippen LogP contribution in [0.25, 0.3) is 0 Å². The molecule has 1 saturated heterocycles. The molecular formula is C16H25N3O2. The second-order valence-corrected chi connectivity index (χ2v) is 6.32. The Labute approximate surface area is 126 Å². The Bertz CT molecular complexity index is 494. The zero-order chi connectivity index (χ0) is 15.4. The molecule has 0 spiro atoms. The maximum atomic E-state index is 11.0. The van der Waals surface area contributed by atoms with Gasteiger partial charge in [-0.05, 0) is 31.7 Å². The number of nitro groups is 1. The summed E-state index contributed by atoms with van der Waals surface area (Å²) in [5.74, 6) is 0.702. The number of piperidine rings is 1. The van der Waals surface area contributed by atoms with Crippen molar-refractivity contribution < 1.29 is 4.92 Å². The molecule has 0 radical (unpaired) electrons. The molecule has 5 nitrogen and oxygen atoms in total. The number of hydrogen-bond acceptors (Lipinski definition) is 4. The van der Waals surface area contributed by atoms with Gasteiger partial charge in [0.1, 0.15) is 0 Å². The number of rotatable bonds is 5. The Hall–Kier alpha value is -1.62. The topological polar surface area (TPSA) is 58.4 Å². The van der Waals surface area contributed by atoms with Crippen LogP contribution in [-0.2, 0) is 0 Å². The van der Waals surface area contributed by atoms with Crippen LogP contribution in [0.3, 0.4) is 0 Å². The number of likely N-dealkylation sites (tertiary alicyclic amines) is 1. The van der Waals surface area contributed by atoms with Gasteiger partial charge in [0.25, 0.3) is 5.69 Å². The molecule has 1 fully saturated rings. The molecule has 0 bridgehead atoms. The molecule has 1 aliphatic heterocycles. The largest absolute Gasteiger partial charge is 0.382 e. The van der Waals surface area contributed by atoms with E-state index in [0.717, 1.165) is 43.7 Å². The lowest BCUT2D eigenvalue weighted by Gasteiger charge is -2.34. The van der Waals surface area contributed by atoms with Gasteiger partial charge >= 0.3 is 0 Å². The highest BCUT2D eigenvalue weighted by Gasteiger charge is 2.21. The molecule has 1 aliphatic rings. The van der Waals surface area contributed by atoms with Crippen molar-refractivity contribution in [1.82, 2.24) is 4.90 Å². The molecular weight excluding hydrogens is 266 g/mol. The van der Waals surface area contributed by atoms with Gasteiger partial charge in [0.2, 0.25) is 0 Å². The van der Waals surface area contributed by atoms with Crippen molar-refractivity contribution in [2.45, 2.75) is 39.7 Å². The van der Waals surface area contributed by atoms with Crippen molar-refractivity contribution in [3.63, 3.8) is 0 Å². The average Bonchev–Trinajstić information content (AvgIpc) is 2.42. The van der Waals surface area contributed by atoms with Crippen molar-refractivity contribution in [2.75, 3.05) is 25.0 Å². The molecule has 0 atom stereocenters. The van der Waals surface area contributed by atoms with Crippen LogP contribution in [-0.4, -0.2) is 35.5 Å². The molecule has 1 aromatic carbocycles. The number of anilines is 1. The molecule has 116 valence electrons. The highest BCUT2D eigenvalue weighted by atomic mass is 16.6. The lowest BCUT2D eigenvalue weighted by Crippen LogP contribution is -2.40. The fraction of sp³-hybridized carbons (Fsp3) is 0.625. The fourth-order valence-electron chi connectivity index (χ4n) is 2.97. The highest BCUT2D eigenvalue weighted by Crippen LogP contribution is 2.27. The van der Waals surface area contributed by atoms with E-state index in [4.69, 9.17) is 0 Å². The lowest BCUT2D eigenvalue weighted by molar-refractivity contribution is -0.385. The Kier molecular flexibility index (Phi) is 5.17. The summed E-state index contributed by atoms with van der Waals surface area (Å²) in [4.78, 5) is 13.2. The number of hydrogen-bond donors (Lipinski definition) is 1. The molecule has 21 heavy (non-hydrogen) atoms. The molecule has 0 amide bonds. The SMILES string of the molecule is Cc1c(NC2CCN(CC(C)C)CC2)cccc1[N+](=O)[O-]. The van der Waals surface area contributed by atoms with E-state index in [-0.39, 0.29) is 10.6 Å². The number of nitro benzene ring substituents is 1. The van der Waals surface area contributed by atoms with Crippen molar-refractivity contribution in [3.05, 3.63) is 33.9 Å². The Morgan fingerprint density at radius 1 is 1.38 bits per heavy atom. The number of nitrogens with one attached hydrogen (secondary N) is 1. The van der Waals surface area contributed by atoms with Crippen LogP contribution in [0.5, 0.6) is 0 Å². The third-order valence-electron chi connectivity index (χ3n) is 4.07. The van der Waals surface area contributed by atoms with Gasteiger partial charge in [-0.2, -0.15) is 0 Å². The van der Waals surface area contributed by atoms with Crippen molar-refractivity contribution in [3.8, 4) is 0 Å². The lowest BCUT2D eigenvalue weighted by atomic mass is 10.0. The fourth-order valence-corrected chi connectivity index (χ4v) is 2.97. The number of benzene rings is 1. The second-order valence-electron chi connectivity index (χ2n) is 6.32. The van der Waals surface area contributed by atoms with Crippen LogP contribution >= 0.6 is 0 Å². The van der Waals surface area contributed by atoms with Crippen LogP contribution in [0.15, 0.2) is 18.2 Å². The molecule has 0 aromatic heterocycles. The van der Waals surface area contributed by atoms with Crippen LogP contribution in [0.2, 0.25) is 0 Å². The van der Waals surface area contributed by atoms with Crippen LogP contribution < -0.4 is 5.32 Å². The average molecular weight is 291 g/mol. The third-order valence-corrected chi connectivity index (χ3v) is 4.07. The van der Waals surface area contributed by atoms with Crippen LogP contribution in [0.1, 0.15) is 32.3 Å². The maximum absolute atomic E-state index is 11.0. The molecule has 1 aromatic rings. The maximum Gasteiger partial charge on any atom is 0.274 e. The van der Waals surface area contributed by atoms with E-state index >= 15 is 0 Å².